The Morgan fingerprint density at radius 3 is 2.52 bits per heavy atom. The number of fused-ring (bicyclic) bond motifs is 5. The molecule has 3 saturated carbocycles. The Morgan fingerprint density at radius 1 is 1.02 bits per heavy atom. The molecule has 220 valence electrons. The van der Waals surface area contributed by atoms with Crippen LogP contribution in [-0.4, -0.2) is 35.7 Å². The molecule has 5 heteroatoms. The zero-order chi connectivity index (χ0) is 28.5. The van der Waals surface area contributed by atoms with Crippen LogP contribution in [0.25, 0.3) is 0 Å². The SMILES string of the molecule is CCOC(=O)CCCOc1ccc(CCC[C@@H]2CC3=CC(=O)CC[C@]3(C)C3CC[C@@]4(C)C(CC[C@]4(C)O)C32)cc1. The number of aliphatic hydroxyl groups is 1. The normalized spacial score (nSPS) is 36.7. The average molecular weight is 551 g/mol. The fourth-order valence-electron chi connectivity index (χ4n) is 9.20. The van der Waals surface area contributed by atoms with Crippen LogP contribution < -0.4 is 4.74 Å². The number of hydrogen-bond donors (Lipinski definition) is 1. The molecule has 0 spiro atoms. The second-order valence-corrected chi connectivity index (χ2v) is 13.9. The van der Waals surface area contributed by atoms with E-state index in [1.807, 2.05) is 25.1 Å². The van der Waals surface area contributed by atoms with Crippen molar-refractivity contribution in [2.24, 2.45) is 34.5 Å². The fraction of sp³-hybridized carbons (Fsp3) is 0.714. The van der Waals surface area contributed by atoms with E-state index in [1.165, 1.54) is 24.0 Å². The number of ether oxygens (including phenoxy) is 2. The number of carbonyl (C=O) groups is 2. The summed E-state index contributed by atoms with van der Waals surface area (Å²) >= 11 is 0. The smallest absolute Gasteiger partial charge is 0.305 e. The maximum absolute atomic E-state index is 12.5. The molecule has 4 aliphatic carbocycles. The monoisotopic (exact) mass is 550 g/mol. The second kappa shape index (κ2) is 11.6. The molecule has 7 atom stereocenters. The molecular formula is C35H50O5. The van der Waals surface area contributed by atoms with Crippen molar-refractivity contribution in [2.45, 2.75) is 110 Å². The van der Waals surface area contributed by atoms with Crippen molar-refractivity contribution >= 4 is 11.8 Å². The maximum atomic E-state index is 12.5. The number of benzene rings is 1. The molecule has 5 rings (SSSR count). The molecule has 4 aliphatic rings. The van der Waals surface area contributed by atoms with Crippen LogP contribution in [0.3, 0.4) is 0 Å². The van der Waals surface area contributed by atoms with Gasteiger partial charge in [0.1, 0.15) is 5.75 Å². The molecule has 40 heavy (non-hydrogen) atoms. The van der Waals surface area contributed by atoms with Crippen molar-refractivity contribution in [3.8, 4) is 5.75 Å². The number of carbonyl (C=O) groups excluding carboxylic acids is 2. The van der Waals surface area contributed by atoms with Crippen LogP contribution in [0.15, 0.2) is 35.9 Å². The molecule has 1 aromatic rings. The summed E-state index contributed by atoms with van der Waals surface area (Å²) in [5.41, 5.74) is 2.32. The van der Waals surface area contributed by atoms with Crippen molar-refractivity contribution in [1.29, 1.82) is 0 Å². The molecule has 5 nitrogen and oxygen atoms in total. The third-order valence-corrected chi connectivity index (χ3v) is 11.8. The summed E-state index contributed by atoms with van der Waals surface area (Å²) in [6.45, 7) is 9.66. The van der Waals surface area contributed by atoms with Crippen molar-refractivity contribution < 1.29 is 24.2 Å². The van der Waals surface area contributed by atoms with Crippen LogP contribution in [-0.2, 0) is 20.7 Å². The van der Waals surface area contributed by atoms with Gasteiger partial charge < -0.3 is 14.6 Å². The van der Waals surface area contributed by atoms with Gasteiger partial charge in [0.05, 0.1) is 18.8 Å². The summed E-state index contributed by atoms with van der Waals surface area (Å²) in [5, 5.41) is 11.4. The van der Waals surface area contributed by atoms with Crippen LogP contribution >= 0.6 is 0 Å². The molecule has 0 amide bonds. The van der Waals surface area contributed by atoms with E-state index in [0.29, 0.717) is 61.9 Å². The maximum Gasteiger partial charge on any atom is 0.305 e. The Morgan fingerprint density at radius 2 is 1.77 bits per heavy atom. The molecule has 3 fully saturated rings. The quantitative estimate of drug-likeness (QED) is 0.246. The zero-order valence-corrected chi connectivity index (χ0v) is 25.2. The fourth-order valence-corrected chi connectivity index (χ4v) is 9.20. The third-order valence-electron chi connectivity index (χ3n) is 11.8. The Bertz CT molecular complexity index is 1100. The molecular weight excluding hydrogens is 500 g/mol. The number of ketones is 1. The van der Waals surface area contributed by atoms with E-state index in [1.54, 1.807) is 0 Å². The lowest BCUT2D eigenvalue weighted by molar-refractivity contribution is -0.143. The lowest BCUT2D eigenvalue weighted by Gasteiger charge is -2.61. The van der Waals surface area contributed by atoms with Crippen LogP contribution in [0.5, 0.6) is 5.75 Å². The summed E-state index contributed by atoms with van der Waals surface area (Å²) in [7, 11) is 0. The number of aryl methyl sites for hydroxylation is 1. The topological polar surface area (TPSA) is 72.8 Å². The molecule has 0 saturated heterocycles. The van der Waals surface area contributed by atoms with Gasteiger partial charge in [-0.15, -0.1) is 0 Å². The van der Waals surface area contributed by atoms with Gasteiger partial charge in [0.15, 0.2) is 5.78 Å². The lowest BCUT2D eigenvalue weighted by Crippen LogP contribution is -2.56. The predicted octanol–water partition coefficient (Wildman–Crippen LogP) is 7.24. The summed E-state index contributed by atoms with van der Waals surface area (Å²) < 4.78 is 10.8. The molecule has 0 aliphatic heterocycles. The van der Waals surface area contributed by atoms with E-state index in [9.17, 15) is 14.7 Å². The molecule has 3 unspecified atom stereocenters. The van der Waals surface area contributed by atoms with Crippen LogP contribution in [0.1, 0.15) is 104 Å². The van der Waals surface area contributed by atoms with Gasteiger partial charge in [-0.25, -0.2) is 0 Å². The first-order valence-electron chi connectivity index (χ1n) is 15.9. The first kappa shape index (κ1) is 29.4. The van der Waals surface area contributed by atoms with E-state index < -0.39 is 5.60 Å². The average Bonchev–Trinajstić information content (AvgIpc) is 3.17. The lowest BCUT2D eigenvalue weighted by atomic mass is 9.44. The van der Waals surface area contributed by atoms with E-state index >= 15 is 0 Å². The molecule has 0 aromatic heterocycles. The Hall–Kier alpha value is -2.14. The van der Waals surface area contributed by atoms with Gasteiger partial charge in [-0.3, -0.25) is 9.59 Å². The number of hydrogen-bond acceptors (Lipinski definition) is 5. The molecule has 1 N–H and O–H groups in total. The van der Waals surface area contributed by atoms with Crippen molar-refractivity contribution in [1.82, 2.24) is 0 Å². The van der Waals surface area contributed by atoms with Crippen molar-refractivity contribution in [3.05, 3.63) is 41.5 Å². The standard InChI is InChI=1S/C35H50O5/c1-5-39-31(37)10-7-21-40-28-13-11-24(12-14-28)8-6-9-25-22-26-23-27(36)15-18-33(26,2)29-16-19-34(3)30(32(25)29)17-20-35(34,4)38/h11-14,23,25,29-30,32,38H,5-10,15-22H2,1-4H3/t25-,29?,30?,32?,33+,34+,35+/m1/s1. The van der Waals surface area contributed by atoms with Crippen LogP contribution in [0, 0.1) is 34.5 Å². The highest BCUT2D eigenvalue weighted by Crippen LogP contribution is 2.69. The van der Waals surface area contributed by atoms with Gasteiger partial charge >= 0.3 is 5.97 Å². The van der Waals surface area contributed by atoms with Crippen LogP contribution in [0.2, 0.25) is 0 Å². The summed E-state index contributed by atoms with van der Waals surface area (Å²) in [4.78, 5) is 24.0. The van der Waals surface area contributed by atoms with Gasteiger partial charge in [0.25, 0.3) is 0 Å². The minimum atomic E-state index is -0.574. The predicted molar refractivity (Wildman–Crippen MR) is 157 cm³/mol. The number of esters is 1. The molecule has 0 bridgehead atoms. The zero-order valence-electron chi connectivity index (χ0n) is 25.2. The Kier molecular flexibility index (Phi) is 8.53. The largest absolute Gasteiger partial charge is 0.494 e. The highest BCUT2D eigenvalue weighted by Gasteiger charge is 2.64. The van der Waals surface area contributed by atoms with Crippen LogP contribution in [0.4, 0.5) is 0 Å². The third kappa shape index (κ3) is 5.52. The van der Waals surface area contributed by atoms with E-state index in [-0.39, 0.29) is 16.8 Å². The van der Waals surface area contributed by atoms with E-state index in [4.69, 9.17) is 9.47 Å². The second-order valence-electron chi connectivity index (χ2n) is 13.9. The Labute approximate surface area is 241 Å². The summed E-state index contributed by atoms with van der Waals surface area (Å²) in [6, 6.07) is 8.39. The molecule has 0 radical (unpaired) electrons. The van der Waals surface area contributed by atoms with Gasteiger partial charge in [-0.05, 0) is 136 Å². The van der Waals surface area contributed by atoms with Crippen molar-refractivity contribution in [3.63, 3.8) is 0 Å². The Balaban J connectivity index is 1.22. The van der Waals surface area contributed by atoms with Crippen molar-refractivity contribution in [2.75, 3.05) is 13.2 Å². The van der Waals surface area contributed by atoms with Gasteiger partial charge in [-0.1, -0.05) is 31.6 Å². The molecule has 0 heterocycles. The summed E-state index contributed by atoms with van der Waals surface area (Å²) in [6.07, 6.45) is 13.5. The summed E-state index contributed by atoms with van der Waals surface area (Å²) in [5.74, 6) is 3.39. The highest BCUT2D eigenvalue weighted by molar-refractivity contribution is 5.91. The molecule has 1 aromatic carbocycles. The van der Waals surface area contributed by atoms with Gasteiger partial charge in [0.2, 0.25) is 0 Å². The number of rotatable bonds is 10. The van der Waals surface area contributed by atoms with E-state index in [2.05, 4.69) is 32.9 Å². The highest BCUT2D eigenvalue weighted by atomic mass is 16.5. The van der Waals surface area contributed by atoms with Gasteiger partial charge in [0, 0.05) is 12.8 Å². The van der Waals surface area contributed by atoms with E-state index in [0.717, 1.165) is 50.7 Å². The first-order chi connectivity index (χ1) is 19.1. The minimum Gasteiger partial charge on any atom is -0.494 e. The first-order valence-corrected chi connectivity index (χ1v) is 15.9. The van der Waals surface area contributed by atoms with Gasteiger partial charge in [-0.2, -0.15) is 0 Å². The minimum absolute atomic E-state index is 0.000620. The number of allylic oxidation sites excluding steroid dienone is 1.